The fourth-order valence-corrected chi connectivity index (χ4v) is 4.29. The molecule has 0 atom stereocenters. The average molecular weight is 437 g/mol. The van der Waals surface area contributed by atoms with Crippen molar-refractivity contribution >= 4 is 38.6 Å². The molecule has 3 heterocycles. The van der Waals surface area contributed by atoms with E-state index in [1.165, 1.54) is 6.08 Å². The summed E-state index contributed by atoms with van der Waals surface area (Å²) in [6, 6.07) is 11.4. The summed E-state index contributed by atoms with van der Waals surface area (Å²) in [6.07, 6.45) is 7.92. The van der Waals surface area contributed by atoms with Gasteiger partial charge in [0.15, 0.2) is 0 Å². The molecule has 0 saturated heterocycles. The molecule has 7 nitrogen and oxygen atoms in total. The lowest BCUT2D eigenvalue weighted by Gasteiger charge is -2.26. The highest BCUT2D eigenvalue weighted by atomic mass is 32.2. The third-order valence-corrected chi connectivity index (χ3v) is 6.34. The van der Waals surface area contributed by atoms with Gasteiger partial charge in [0.1, 0.15) is 5.65 Å². The Labute approximate surface area is 181 Å². The summed E-state index contributed by atoms with van der Waals surface area (Å²) in [4.78, 5) is 21.6. The summed E-state index contributed by atoms with van der Waals surface area (Å²) in [6.45, 7) is 2.69. The van der Waals surface area contributed by atoms with Crippen molar-refractivity contribution < 1.29 is 13.2 Å². The Kier molecular flexibility index (Phi) is 6.01. The first-order chi connectivity index (χ1) is 14.9. The van der Waals surface area contributed by atoms with Gasteiger partial charge in [-0.3, -0.25) is 4.79 Å². The molecular weight excluding hydrogens is 412 g/mol. The van der Waals surface area contributed by atoms with Crippen LogP contribution in [-0.2, 0) is 14.8 Å². The van der Waals surface area contributed by atoms with Crippen LogP contribution in [0.5, 0.6) is 0 Å². The number of sulfonamides is 1. The van der Waals surface area contributed by atoms with E-state index in [0.29, 0.717) is 19.5 Å². The Morgan fingerprint density at radius 1 is 1.26 bits per heavy atom. The lowest BCUT2D eigenvalue weighted by molar-refractivity contribution is -0.129. The van der Waals surface area contributed by atoms with Crippen LogP contribution in [0.4, 0.5) is 0 Å². The van der Waals surface area contributed by atoms with Crippen molar-refractivity contribution in [1.82, 2.24) is 19.6 Å². The quantitative estimate of drug-likeness (QED) is 0.621. The summed E-state index contributed by atoms with van der Waals surface area (Å²) >= 11 is 0. The van der Waals surface area contributed by atoms with E-state index < -0.39 is 10.0 Å². The third kappa shape index (κ3) is 5.10. The topological polar surface area (TPSA) is 95.2 Å². The number of benzene rings is 1. The molecule has 1 aliphatic rings. The van der Waals surface area contributed by atoms with Gasteiger partial charge in [-0.15, -0.1) is 0 Å². The molecule has 1 aliphatic heterocycles. The van der Waals surface area contributed by atoms with Crippen LogP contribution >= 0.6 is 0 Å². The third-order valence-electron chi connectivity index (χ3n) is 5.30. The Morgan fingerprint density at radius 2 is 2.06 bits per heavy atom. The van der Waals surface area contributed by atoms with Gasteiger partial charge in [-0.05, 0) is 42.7 Å². The molecule has 1 amide bonds. The monoisotopic (exact) mass is 436 g/mol. The van der Waals surface area contributed by atoms with Gasteiger partial charge >= 0.3 is 0 Å². The van der Waals surface area contributed by atoms with E-state index in [1.54, 1.807) is 11.1 Å². The summed E-state index contributed by atoms with van der Waals surface area (Å²) < 4.78 is 26.8. The fraction of sp³-hybridized carbons (Fsp3) is 0.217. The molecule has 3 aromatic rings. The zero-order valence-electron chi connectivity index (χ0n) is 17.2. The molecule has 1 aromatic carbocycles. The number of fused-ring (bicyclic) bond motifs is 1. The van der Waals surface area contributed by atoms with Gasteiger partial charge in [-0.25, -0.2) is 18.1 Å². The van der Waals surface area contributed by atoms with Crippen LogP contribution in [0.3, 0.4) is 0 Å². The van der Waals surface area contributed by atoms with Crippen molar-refractivity contribution in [2.45, 2.75) is 13.3 Å². The predicted molar refractivity (Wildman–Crippen MR) is 122 cm³/mol. The molecular formula is C23H24N4O3S. The van der Waals surface area contributed by atoms with Crippen LogP contribution in [0.25, 0.3) is 22.7 Å². The molecule has 0 unspecified atom stereocenters. The normalized spacial score (nSPS) is 14.9. The van der Waals surface area contributed by atoms with Gasteiger partial charge in [-0.2, -0.15) is 0 Å². The number of pyridine rings is 1. The Balaban J connectivity index is 1.34. The van der Waals surface area contributed by atoms with Crippen molar-refractivity contribution in [1.29, 1.82) is 0 Å². The lowest BCUT2D eigenvalue weighted by atomic mass is 9.99. The van der Waals surface area contributed by atoms with Crippen LogP contribution in [0.1, 0.15) is 23.1 Å². The lowest BCUT2D eigenvalue weighted by Crippen LogP contribution is -2.41. The number of amides is 1. The second-order valence-corrected chi connectivity index (χ2v) is 9.15. The first-order valence-corrected chi connectivity index (χ1v) is 11.6. The fourth-order valence-electron chi connectivity index (χ4n) is 3.53. The second-order valence-electron chi connectivity index (χ2n) is 7.50. The van der Waals surface area contributed by atoms with Gasteiger partial charge in [0.05, 0.1) is 6.54 Å². The minimum absolute atomic E-state index is 0.247. The minimum atomic E-state index is -3.70. The van der Waals surface area contributed by atoms with E-state index in [-0.39, 0.29) is 12.5 Å². The van der Waals surface area contributed by atoms with E-state index in [2.05, 4.69) is 14.7 Å². The molecule has 0 saturated carbocycles. The zero-order valence-corrected chi connectivity index (χ0v) is 18.0. The number of H-pyrrole nitrogens is 1. The van der Waals surface area contributed by atoms with Crippen molar-refractivity contribution in [3.63, 3.8) is 0 Å². The van der Waals surface area contributed by atoms with Crippen molar-refractivity contribution in [3.05, 3.63) is 77.0 Å². The molecule has 0 spiro atoms. The molecule has 0 radical (unpaired) electrons. The van der Waals surface area contributed by atoms with Crippen molar-refractivity contribution in [3.8, 4) is 0 Å². The highest BCUT2D eigenvalue weighted by molar-refractivity contribution is 7.92. The first kappa shape index (κ1) is 21.0. The molecule has 0 bridgehead atoms. The van der Waals surface area contributed by atoms with Gasteiger partial charge < -0.3 is 9.88 Å². The van der Waals surface area contributed by atoms with Gasteiger partial charge in [0, 0.05) is 41.8 Å². The number of carbonyl (C=O) groups is 1. The summed E-state index contributed by atoms with van der Waals surface area (Å²) in [5.41, 5.74) is 4.97. The molecule has 0 fully saturated rings. The number of hydrogen-bond donors (Lipinski definition) is 2. The smallest absolute Gasteiger partial charge is 0.237 e. The summed E-state index contributed by atoms with van der Waals surface area (Å²) in [5, 5.41) is 2.14. The molecule has 8 heteroatoms. The second kappa shape index (κ2) is 8.87. The van der Waals surface area contributed by atoms with E-state index in [4.69, 9.17) is 0 Å². The predicted octanol–water partition coefficient (Wildman–Crippen LogP) is 3.08. The largest absolute Gasteiger partial charge is 0.346 e. The molecule has 160 valence electrons. The number of hydrogen-bond acceptors (Lipinski definition) is 4. The number of rotatable bonds is 6. The maximum atomic E-state index is 12.5. The first-order valence-electron chi connectivity index (χ1n) is 10.0. The van der Waals surface area contributed by atoms with Gasteiger partial charge in [-0.1, -0.05) is 35.9 Å². The van der Waals surface area contributed by atoms with Crippen LogP contribution < -0.4 is 4.72 Å². The number of aromatic nitrogens is 2. The Morgan fingerprint density at radius 3 is 2.81 bits per heavy atom. The number of aryl methyl sites for hydroxylation is 1. The SMILES string of the molecule is Cc1ccc(/C=C/S(=O)(=O)NCC(=O)N2CC=C(c3c[nH]c4ncccc34)CC2)cc1. The summed E-state index contributed by atoms with van der Waals surface area (Å²) in [5.74, 6) is -0.247. The number of nitrogens with one attached hydrogen (secondary N) is 2. The number of nitrogens with zero attached hydrogens (tertiary/aromatic N) is 2. The number of carbonyl (C=O) groups excluding carboxylic acids is 1. The summed E-state index contributed by atoms with van der Waals surface area (Å²) in [7, 11) is -3.70. The van der Waals surface area contributed by atoms with E-state index in [0.717, 1.165) is 38.7 Å². The van der Waals surface area contributed by atoms with Crippen LogP contribution in [0.15, 0.2) is 60.3 Å². The van der Waals surface area contributed by atoms with Gasteiger partial charge in [0.2, 0.25) is 15.9 Å². The molecule has 31 heavy (non-hydrogen) atoms. The van der Waals surface area contributed by atoms with Crippen LogP contribution in [-0.4, -0.2) is 48.8 Å². The minimum Gasteiger partial charge on any atom is -0.346 e. The molecule has 2 aromatic heterocycles. The van der Waals surface area contributed by atoms with Gasteiger partial charge in [0.25, 0.3) is 0 Å². The maximum absolute atomic E-state index is 12.5. The average Bonchev–Trinajstić information content (AvgIpc) is 3.21. The van der Waals surface area contributed by atoms with E-state index in [9.17, 15) is 13.2 Å². The van der Waals surface area contributed by atoms with Crippen LogP contribution in [0, 0.1) is 6.92 Å². The Hall–Kier alpha value is -3.23. The molecule has 0 aliphatic carbocycles. The Bertz CT molecular complexity index is 1260. The zero-order chi connectivity index (χ0) is 21.8. The molecule has 2 N–H and O–H groups in total. The van der Waals surface area contributed by atoms with Crippen LogP contribution in [0.2, 0.25) is 0 Å². The van der Waals surface area contributed by atoms with E-state index in [1.807, 2.05) is 55.6 Å². The maximum Gasteiger partial charge on any atom is 0.237 e. The highest BCUT2D eigenvalue weighted by Gasteiger charge is 2.20. The van der Waals surface area contributed by atoms with E-state index >= 15 is 0 Å². The standard InChI is InChI=1S/C23H24N4O3S/c1-17-4-6-18(7-5-17)10-14-31(29,30)26-16-22(28)27-12-8-19(9-13-27)21-15-25-23-20(21)3-2-11-24-23/h2-8,10-11,14-15,26H,9,12-13,16H2,1H3,(H,24,25)/b14-10+. The molecule has 4 rings (SSSR count). The van der Waals surface area contributed by atoms with Crippen molar-refractivity contribution in [2.24, 2.45) is 0 Å². The van der Waals surface area contributed by atoms with Crippen molar-refractivity contribution in [2.75, 3.05) is 19.6 Å². The number of aromatic amines is 1. The highest BCUT2D eigenvalue weighted by Crippen LogP contribution is 2.28.